The minimum Gasteiger partial charge on any atom is -0.302 e. The van der Waals surface area contributed by atoms with Gasteiger partial charge in [0.05, 0.1) is 5.69 Å². The Labute approximate surface area is 121 Å². The van der Waals surface area contributed by atoms with Gasteiger partial charge in [0.2, 0.25) is 0 Å². The molecule has 0 spiro atoms. The van der Waals surface area contributed by atoms with E-state index in [1.807, 2.05) is 25.8 Å². The molecule has 2 aromatic rings. The lowest BCUT2D eigenvalue weighted by Gasteiger charge is -2.17. The number of nitrogens with one attached hydrogen (secondary N) is 1. The van der Waals surface area contributed by atoms with Crippen LogP contribution in [-0.2, 0) is 13.0 Å². The molecule has 0 unspecified atom stereocenters. The van der Waals surface area contributed by atoms with Crippen molar-refractivity contribution in [3.8, 4) is 0 Å². The molecule has 21 heavy (non-hydrogen) atoms. The lowest BCUT2D eigenvalue weighted by molar-refractivity contribution is 0.320. The topological polar surface area (TPSA) is 31.9 Å². The minimum atomic E-state index is -1.41. The van der Waals surface area contributed by atoms with E-state index in [1.54, 1.807) is 0 Å². The van der Waals surface area contributed by atoms with Crippen molar-refractivity contribution in [3.63, 3.8) is 0 Å². The number of aromatic nitrogens is 2. The number of H-pyrrole nitrogens is 1. The normalized spacial score (nSPS) is 11.4. The molecular formula is C15H18F3N3. The Balaban J connectivity index is 1.99. The van der Waals surface area contributed by atoms with Crippen LogP contribution >= 0.6 is 0 Å². The summed E-state index contributed by atoms with van der Waals surface area (Å²) in [5.74, 6) is -3.69. The summed E-state index contributed by atoms with van der Waals surface area (Å²) >= 11 is 0. The smallest absolute Gasteiger partial charge is 0.194 e. The summed E-state index contributed by atoms with van der Waals surface area (Å²) in [6.45, 7) is 4.76. The number of likely N-dealkylation sites (N-methyl/N-ethyl adjacent to an activating group) is 1. The zero-order chi connectivity index (χ0) is 15.6. The average molecular weight is 297 g/mol. The first-order valence-corrected chi connectivity index (χ1v) is 6.71. The zero-order valence-corrected chi connectivity index (χ0v) is 12.3. The standard InChI is InChI=1S/C15H18F3N3/c1-9-12(10(2)20-19-9)6-7-21(3)8-11-4-5-13(16)15(18)14(11)17/h4-5H,6-8H2,1-3H3,(H,19,20). The van der Waals surface area contributed by atoms with Crippen LogP contribution in [0.4, 0.5) is 13.2 Å². The third kappa shape index (κ3) is 3.44. The van der Waals surface area contributed by atoms with Crippen LogP contribution in [0.1, 0.15) is 22.5 Å². The molecule has 0 atom stereocenters. The maximum atomic E-state index is 13.6. The van der Waals surface area contributed by atoms with Crippen LogP contribution in [0.5, 0.6) is 0 Å². The molecular weight excluding hydrogens is 279 g/mol. The summed E-state index contributed by atoms with van der Waals surface area (Å²) in [5.41, 5.74) is 3.24. The first kappa shape index (κ1) is 15.6. The Kier molecular flexibility index (Phi) is 4.67. The van der Waals surface area contributed by atoms with Crippen molar-refractivity contribution in [1.29, 1.82) is 0 Å². The van der Waals surface area contributed by atoms with Gasteiger partial charge < -0.3 is 4.90 Å². The highest BCUT2D eigenvalue weighted by Crippen LogP contribution is 2.17. The number of hydrogen-bond acceptors (Lipinski definition) is 2. The van der Waals surface area contributed by atoms with Gasteiger partial charge in [0, 0.05) is 24.3 Å². The lowest BCUT2D eigenvalue weighted by atomic mass is 10.1. The highest BCUT2D eigenvalue weighted by Gasteiger charge is 2.15. The molecule has 0 radical (unpaired) electrons. The fourth-order valence-corrected chi connectivity index (χ4v) is 2.30. The Morgan fingerprint density at radius 1 is 1.14 bits per heavy atom. The van der Waals surface area contributed by atoms with Crippen molar-refractivity contribution in [2.24, 2.45) is 0 Å². The van der Waals surface area contributed by atoms with Gasteiger partial charge in [-0.2, -0.15) is 5.10 Å². The summed E-state index contributed by atoms with van der Waals surface area (Å²) in [4.78, 5) is 1.86. The summed E-state index contributed by atoms with van der Waals surface area (Å²) in [6.07, 6.45) is 0.760. The maximum absolute atomic E-state index is 13.6. The monoisotopic (exact) mass is 297 g/mol. The van der Waals surface area contributed by atoms with E-state index in [1.165, 1.54) is 6.07 Å². The number of halogens is 3. The van der Waals surface area contributed by atoms with Crippen molar-refractivity contribution >= 4 is 0 Å². The van der Waals surface area contributed by atoms with Gasteiger partial charge in [-0.25, -0.2) is 13.2 Å². The van der Waals surface area contributed by atoms with Gasteiger partial charge in [-0.1, -0.05) is 6.07 Å². The summed E-state index contributed by atoms with van der Waals surface area (Å²) < 4.78 is 39.7. The molecule has 0 aliphatic carbocycles. The van der Waals surface area contributed by atoms with E-state index in [2.05, 4.69) is 10.2 Å². The van der Waals surface area contributed by atoms with Crippen molar-refractivity contribution in [2.75, 3.05) is 13.6 Å². The molecule has 6 heteroatoms. The summed E-state index contributed by atoms with van der Waals surface area (Å²) in [7, 11) is 1.81. The van der Waals surface area contributed by atoms with Gasteiger partial charge in [0.25, 0.3) is 0 Å². The number of aromatic amines is 1. The Hall–Kier alpha value is -1.82. The Morgan fingerprint density at radius 2 is 1.86 bits per heavy atom. The second-order valence-corrected chi connectivity index (χ2v) is 5.23. The molecule has 1 aromatic heterocycles. The maximum Gasteiger partial charge on any atom is 0.194 e. The van der Waals surface area contributed by atoms with E-state index in [4.69, 9.17) is 0 Å². The molecule has 0 saturated carbocycles. The fraction of sp³-hybridized carbons (Fsp3) is 0.400. The van der Waals surface area contributed by atoms with E-state index < -0.39 is 17.5 Å². The molecule has 0 aliphatic rings. The highest BCUT2D eigenvalue weighted by atomic mass is 19.2. The molecule has 0 fully saturated rings. The number of hydrogen-bond donors (Lipinski definition) is 1. The van der Waals surface area contributed by atoms with Crippen molar-refractivity contribution in [2.45, 2.75) is 26.8 Å². The van der Waals surface area contributed by atoms with Crippen molar-refractivity contribution < 1.29 is 13.2 Å². The van der Waals surface area contributed by atoms with Crippen molar-refractivity contribution in [1.82, 2.24) is 15.1 Å². The minimum absolute atomic E-state index is 0.150. The van der Waals surface area contributed by atoms with Gasteiger partial charge in [-0.3, -0.25) is 5.10 Å². The number of rotatable bonds is 5. The predicted octanol–water partition coefficient (Wildman–Crippen LogP) is 3.12. The third-order valence-electron chi connectivity index (χ3n) is 3.58. The summed E-state index contributed by atoms with van der Waals surface area (Å²) in [5, 5.41) is 7.03. The van der Waals surface area contributed by atoms with Crippen LogP contribution in [0.3, 0.4) is 0 Å². The third-order valence-corrected chi connectivity index (χ3v) is 3.58. The number of nitrogens with zero attached hydrogens (tertiary/aromatic N) is 2. The molecule has 0 saturated heterocycles. The largest absolute Gasteiger partial charge is 0.302 e. The highest BCUT2D eigenvalue weighted by molar-refractivity contribution is 5.23. The average Bonchev–Trinajstić information content (AvgIpc) is 2.76. The fourth-order valence-electron chi connectivity index (χ4n) is 2.30. The molecule has 1 heterocycles. The van der Waals surface area contributed by atoms with E-state index in [0.29, 0.717) is 6.54 Å². The van der Waals surface area contributed by atoms with Gasteiger partial charge in [0.15, 0.2) is 17.5 Å². The number of benzene rings is 1. The molecule has 3 nitrogen and oxygen atoms in total. The van der Waals surface area contributed by atoms with E-state index in [-0.39, 0.29) is 12.1 Å². The Bertz CT molecular complexity index is 618. The zero-order valence-electron chi connectivity index (χ0n) is 12.3. The molecule has 114 valence electrons. The second kappa shape index (κ2) is 6.30. The molecule has 1 N–H and O–H groups in total. The van der Waals surface area contributed by atoms with Crippen molar-refractivity contribution in [3.05, 3.63) is 52.1 Å². The quantitative estimate of drug-likeness (QED) is 0.860. The van der Waals surface area contributed by atoms with Gasteiger partial charge in [0.1, 0.15) is 0 Å². The molecule has 0 bridgehead atoms. The van der Waals surface area contributed by atoms with Crippen LogP contribution in [-0.4, -0.2) is 28.7 Å². The van der Waals surface area contributed by atoms with Crippen LogP contribution in [0.15, 0.2) is 12.1 Å². The van der Waals surface area contributed by atoms with E-state index in [9.17, 15) is 13.2 Å². The van der Waals surface area contributed by atoms with E-state index >= 15 is 0 Å². The SMILES string of the molecule is Cc1n[nH]c(C)c1CCN(C)Cc1ccc(F)c(F)c1F. The lowest BCUT2D eigenvalue weighted by Crippen LogP contribution is -2.22. The molecule has 0 amide bonds. The Morgan fingerprint density at radius 3 is 2.48 bits per heavy atom. The van der Waals surface area contributed by atoms with Gasteiger partial charge >= 0.3 is 0 Å². The molecule has 0 aliphatic heterocycles. The second-order valence-electron chi connectivity index (χ2n) is 5.23. The van der Waals surface area contributed by atoms with Gasteiger partial charge in [-0.05, 0) is 38.9 Å². The predicted molar refractivity (Wildman–Crippen MR) is 74.4 cm³/mol. The van der Waals surface area contributed by atoms with Crippen LogP contribution in [0.25, 0.3) is 0 Å². The van der Waals surface area contributed by atoms with Crippen LogP contribution < -0.4 is 0 Å². The van der Waals surface area contributed by atoms with Crippen LogP contribution in [0.2, 0.25) is 0 Å². The number of aryl methyl sites for hydroxylation is 2. The molecule has 2 rings (SSSR count). The first-order chi connectivity index (χ1) is 9.90. The van der Waals surface area contributed by atoms with E-state index in [0.717, 1.165) is 29.4 Å². The molecule has 1 aromatic carbocycles. The summed E-state index contributed by atoms with van der Waals surface area (Å²) in [6, 6.07) is 2.23. The first-order valence-electron chi connectivity index (χ1n) is 6.71. The van der Waals surface area contributed by atoms with Gasteiger partial charge in [-0.15, -0.1) is 0 Å². The van der Waals surface area contributed by atoms with Crippen LogP contribution in [0, 0.1) is 31.3 Å².